The van der Waals surface area contributed by atoms with Crippen LogP contribution in [0.5, 0.6) is 0 Å². The lowest BCUT2D eigenvalue weighted by molar-refractivity contribution is -0.386. The number of hydrogen-bond acceptors (Lipinski definition) is 4. The molecule has 0 aromatic carbocycles. The molecule has 0 unspecified atom stereocenters. The van der Waals surface area contributed by atoms with Crippen molar-refractivity contribution in [2.45, 2.75) is 26.8 Å². The van der Waals surface area contributed by atoms with Crippen molar-refractivity contribution in [3.8, 4) is 0 Å². The van der Waals surface area contributed by atoms with Crippen molar-refractivity contribution >= 4 is 11.7 Å². The van der Waals surface area contributed by atoms with Crippen LogP contribution in [0.15, 0.2) is 0 Å². The highest BCUT2D eigenvalue weighted by molar-refractivity contribution is 5.69. The molecule has 0 saturated heterocycles. The summed E-state index contributed by atoms with van der Waals surface area (Å²) in [6.45, 7) is 2.41. The first-order valence-electron chi connectivity index (χ1n) is 4.98. The second kappa shape index (κ2) is 5.07. The van der Waals surface area contributed by atoms with Gasteiger partial charge >= 0.3 is 11.7 Å². The lowest BCUT2D eigenvalue weighted by Crippen LogP contribution is -2.18. The molecule has 0 aliphatic carbocycles. The summed E-state index contributed by atoms with van der Waals surface area (Å²) in [5.74, 6) is -2.01. The molecule has 0 spiro atoms. The Bertz CT molecular complexity index is 486. The van der Waals surface area contributed by atoms with E-state index in [4.69, 9.17) is 5.11 Å². The van der Waals surface area contributed by atoms with Crippen molar-refractivity contribution in [3.05, 3.63) is 21.5 Å². The van der Waals surface area contributed by atoms with Gasteiger partial charge in [0.1, 0.15) is 5.69 Å². The number of aromatic nitrogens is 2. The summed E-state index contributed by atoms with van der Waals surface area (Å²) < 4.78 is 26.1. The molecule has 9 heteroatoms. The van der Waals surface area contributed by atoms with E-state index in [9.17, 15) is 23.7 Å². The standard InChI is InChI=1S/C9H11F2N3O4/c1-4(9(15)16)3-13-5(2)7(14(17)18)6(12-13)8(10)11/h4,8H,3H2,1-2H3,(H,15,16)/t4-/m1/s1. The van der Waals surface area contributed by atoms with Gasteiger partial charge in [-0.25, -0.2) is 8.78 Å². The van der Waals surface area contributed by atoms with E-state index < -0.39 is 34.6 Å². The molecular formula is C9H11F2N3O4. The summed E-state index contributed by atoms with van der Waals surface area (Å²) in [4.78, 5) is 20.4. The maximum Gasteiger partial charge on any atom is 0.318 e. The fraction of sp³-hybridized carbons (Fsp3) is 0.556. The molecule has 0 amide bonds. The third-order valence-corrected chi connectivity index (χ3v) is 2.46. The topological polar surface area (TPSA) is 98.3 Å². The SMILES string of the molecule is Cc1c([N+](=O)[O-])c(C(F)F)nn1C[C@@H](C)C(=O)O. The highest BCUT2D eigenvalue weighted by Gasteiger charge is 2.31. The first-order chi connectivity index (χ1) is 8.25. The molecule has 0 fully saturated rings. The van der Waals surface area contributed by atoms with Gasteiger partial charge in [0.15, 0.2) is 0 Å². The lowest BCUT2D eigenvalue weighted by Gasteiger charge is -2.07. The zero-order chi connectivity index (χ0) is 14.0. The third-order valence-electron chi connectivity index (χ3n) is 2.46. The van der Waals surface area contributed by atoms with Gasteiger partial charge < -0.3 is 5.11 Å². The minimum atomic E-state index is -3.08. The number of nitrogens with zero attached hydrogens (tertiary/aromatic N) is 3. The van der Waals surface area contributed by atoms with E-state index >= 15 is 0 Å². The molecule has 0 aliphatic rings. The summed E-state index contributed by atoms with van der Waals surface area (Å²) in [6.07, 6.45) is -3.08. The molecule has 1 atom stereocenters. The normalized spacial score (nSPS) is 12.7. The predicted molar refractivity (Wildman–Crippen MR) is 55.4 cm³/mol. The molecule has 1 N–H and O–H groups in total. The van der Waals surface area contributed by atoms with Crippen LogP contribution in [0, 0.1) is 23.0 Å². The molecule has 18 heavy (non-hydrogen) atoms. The fourth-order valence-corrected chi connectivity index (χ4v) is 1.45. The van der Waals surface area contributed by atoms with E-state index in [0.717, 1.165) is 4.68 Å². The second-order valence-corrected chi connectivity index (χ2v) is 3.80. The third kappa shape index (κ3) is 2.60. The number of rotatable bonds is 5. The molecule has 0 radical (unpaired) electrons. The summed E-state index contributed by atoms with van der Waals surface area (Å²) in [5.41, 5.74) is -1.78. The molecule has 100 valence electrons. The Kier molecular flexibility index (Phi) is 3.94. The molecular weight excluding hydrogens is 252 g/mol. The number of halogens is 2. The monoisotopic (exact) mass is 263 g/mol. The highest BCUT2D eigenvalue weighted by atomic mass is 19.3. The Morgan fingerprint density at radius 1 is 1.61 bits per heavy atom. The van der Waals surface area contributed by atoms with Gasteiger partial charge in [-0.05, 0) is 6.92 Å². The second-order valence-electron chi connectivity index (χ2n) is 3.80. The maximum atomic E-state index is 12.6. The molecule has 0 aliphatic heterocycles. The highest BCUT2D eigenvalue weighted by Crippen LogP contribution is 2.31. The molecule has 1 heterocycles. The average molecular weight is 263 g/mol. The van der Waals surface area contributed by atoms with Gasteiger partial charge in [0.2, 0.25) is 5.69 Å². The number of nitro groups is 1. The van der Waals surface area contributed by atoms with Crippen LogP contribution < -0.4 is 0 Å². The van der Waals surface area contributed by atoms with Crippen molar-refractivity contribution in [2.24, 2.45) is 5.92 Å². The van der Waals surface area contributed by atoms with Crippen LogP contribution in [0.4, 0.5) is 14.5 Å². The van der Waals surface area contributed by atoms with Crippen molar-refractivity contribution in [3.63, 3.8) is 0 Å². The number of carbonyl (C=O) groups is 1. The summed E-state index contributed by atoms with van der Waals surface area (Å²) >= 11 is 0. The van der Waals surface area contributed by atoms with Crippen LogP contribution in [-0.4, -0.2) is 25.8 Å². The van der Waals surface area contributed by atoms with E-state index in [2.05, 4.69) is 5.10 Å². The van der Waals surface area contributed by atoms with Gasteiger partial charge in [0, 0.05) is 0 Å². The van der Waals surface area contributed by atoms with Crippen LogP contribution >= 0.6 is 0 Å². The minimum Gasteiger partial charge on any atom is -0.481 e. The Morgan fingerprint density at radius 2 is 2.17 bits per heavy atom. The van der Waals surface area contributed by atoms with Crippen LogP contribution in [0.2, 0.25) is 0 Å². The largest absolute Gasteiger partial charge is 0.481 e. The smallest absolute Gasteiger partial charge is 0.318 e. The van der Waals surface area contributed by atoms with Gasteiger partial charge in [0.25, 0.3) is 6.43 Å². The number of carboxylic acids is 1. The first-order valence-corrected chi connectivity index (χ1v) is 4.98. The number of alkyl halides is 2. The molecule has 1 aromatic heterocycles. The van der Waals surface area contributed by atoms with Crippen LogP contribution in [0.1, 0.15) is 24.7 Å². The van der Waals surface area contributed by atoms with Crippen molar-refractivity contribution in [1.82, 2.24) is 9.78 Å². The zero-order valence-electron chi connectivity index (χ0n) is 9.63. The van der Waals surface area contributed by atoms with Crippen LogP contribution in [0.25, 0.3) is 0 Å². The fourth-order valence-electron chi connectivity index (χ4n) is 1.45. The van der Waals surface area contributed by atoms with Crippen LogP contribution in [0.3, 0.4) is 0 Å². The molecule has 7 nitrogen and oxygen atoms in total. The Labute approximate surface area is 100 Å². The summed E-state index contributed by atoms with van der Waals surface area (Å²) in [5, 5.41) is 22.8. The Balaban J connectivity index is 3.19. The Hall–Kier alpha value is -2.06. The van der Waals surface area contributed by atoms with Crippen molar-refractivity contribution < 1.29 is 23.6 Å². The van der Waals surface area contributed by atoms with E-state index in [1.165, 1.54) is 13.8 Å². The van der Waals surface area contributed by atoms with Gasteiger partial charge in [0.05, 0.1) is 17.4 Å². The van der Waals surface area contributed by atoms with Gasteiger partial charge in [-0.2, -0.15) is 5.10 Å². The Morgan fingerprint density at radius 3 is 2.50 bits per heavy atom. The van der Waals surface area contributed by atoms with Crippen molar-refractivity contribution in [2.75, 3.05) is 0 Å². The molecule has 1 aromatic rings. The van der Waals surface area contributed by atoms with Gasteiger partial charge in [-0.1, -0.05) is 6.92 Å². The van der Waals surface area contributed by atoms with E-state index in [-0.39, 0.29) is 12.2 Å². The summed E-state index contributed by atoms with van der Waals surface area (Å²) in [6, 6.07) is 0. The van der Waals surface area contributed by atoms with E-state index in [0.29, 0.717) is 0 Å². The summed E-state index contributed by atoms with van der Waals surface area (Å²) in [7, 11) is 0. The molecule has 0 bridgehead atoms. The molecule has 0 saturated carbocycles. The quantitative estimate of drug-likeness (QED) is 0.644. The van der Waals surface area contributed by atoms with Gasteiger partial charge in [-0.3, -0.25) is 19.6 Å². The average Bonchev–Trinajstić information content (AvgIpc) is 2.56. The van der Waals surface area contributed by atoms with Gasteiger partial charge in [-0.15, -0.1) is 0 Å². The number of carboxylic acid groups (broad SMARTS) is 1. The number of aliphatic carboxylic acids is 1. The molecule has 1 rings (SSSR count). The van der Waals surface area contributed by atoms with E-state index in [1.54, 1.807) is 0 Å². The number of hydrogen-bond donors (Lipinski definition) is 1. The predicted octanol–water partition coefficient (Wildman–Crippen LogP) is 1.76. The minimum absolute atomic E-state index is 0.0802. The van der Waals surface area contributed by atoms with E-state index in [1.807, 2.05) is 0 Å². The first kappa shape index (κ1) is 14.0. The van der Waals surface area contributed by atoms with Crippen molar-refractivity contribution in [1.29, 1.82) is 0 Å². The lowest BCUT2D eigenvalue weighted by atomic mass is 10.2. The van der Waals surface area contributed by atoms with Crippen LogP contribution in [-0.2, 0) is 11.3 Å². The maximum absolute atomic E-state index is 12.6. The zero-order valence-corrected chi connectivity index (χ0v) is 9.63.